The highest BCUT2D eigenvalue weighted by Crippen LogP contribution is 2.34. The van der Waals surface area contributed by atoms with E-state index in [1.807, 2.05) is 47.4 Å². The molecule has 25 heavy (non-hydrogen) atoms. The highest BCUT2D eigenvalue weighted by Gasteiger charge is 2.32. The number of aryl methyl sites for hydroxylation is 1. The van der Waals surface area contributed by atoms with Crippen molar-refractivity contribution in [2.75, 3.05) is 5.32 Å². The lowest BCUT2D eigenvalue weighted by atomic mass is 10.0. The molecule has 0 fully saturated rings. The number of carbonyl (C=O) groups is 1. The summed E-state index contributed by atoms with van der Waals surface area (Å²) in [4.78, 5) is 15.1. The fraction of sp³-hybridized carbons (Fsp3) is 0.136. The summed E-state index contributed by atoms with van der Waals surface area (Å²) in [6, 6.07) is 26.2. The van der Waals surface area contributed by atoms with Gasteiger partial charge < -0.3 is 10.2 Å². The SMILES string of the molecule is Cc1ccc(CN2C(=O)c3ccccc3NC2c2ccccc2)cc1. The molecule has 0 radical (unpaired) electrons. The molecule has 3 aromatic carbocycles. The van der Waals surface area contributed by atoms with Gasteiger partial charge in [0.1, 0.15) is 6.17 Å². The van der Waals surface area contributed by atoms with E-state index in [4.69, 9.17) is 0 Å². The summed E-state index contributed by atoms with van der Waals surface area (Å²) in [6.45, 7) is 2.64. The van der Waals surface area contributed by atoms with E-state index in [-0.39, 0.29) is 12.1 Å². The Bertz CT molecular complexity index is 887. The summed E-state index contributed by atoms with van der Waals surface area (Å²) >= 11 is 0. The van der Waals surface area contributed by atoms with Crippen LogP contribution in [0.2, 0.25) is 0 Å². The van der Waals surface area contributed by atoms with E-state index in [0.29, 0.717) is 6.54 Å². The normalized spacial score (nSPS) is 16.3. The van der Waals surface area contributed by atoms with E-state index < -0.39 is 0 Å². The Balaban J connectivity index is 1.74. The van der Waals surface area contributed by atoms with Crippen molar-refractivity contribution in [1.82, 2.24) is 4.90 Å². The largest absolute Gasteiger partial charge is 0.361 e. The van der Waals surface area contributed by atoms with Crippen molar-refractivity contribution in [2.45, 2.75) is 19.6 Å². The second kappa shape index (κ2) is 6.44. The predicted molar refractivity (Wildman–Crippen MR) is 100 cm³/mol. The van der Waals surface area contributed by atoms with Crippen molar-refractivity contribution >= 4 is 11.6 Å². The lowest BCUT2D eigenvalue weighted by molar-refractivity contribution is 0.0666. The third kappa shape index (κ3) is 3.01. The molecule has 1 aliphatic heterocycles. The van der Waals surface area contributed by atoms with Crippen molar-refractivity contribution in [3.05, 3.63) is 101 Å². The monoisotopic (exact) mass is 328 g/mol. The lowest BCUT2D eigenvalue weighted by Crippen LogP contribution is -2.42. The molecule has 3 aromatic rings. The van der Waals surface area contributed by atoms with Crippen LogP contribution < -0.4 is 5.32 Å². The zero-order valence-electron chi connectivity index (χ0n) is 14.1. The number of hydrogen-bond acceptors (Lipinski definition) is 2. The average molecular weight is 328 g/mol. The smallest absolute Gasteiger partial charge is 0.258 e. The number of fused-ring (bicyclic) bond motifs is 1. The molecule has 0 aromatic heterocycles. The first-order valence-electron chi connectivity index (χ1n) is 8.49. The second-order valence-corrected chi connectivity index (χ2v) is 6.42. The summed E-state index contributed by atoms with van der Waals surface area (Å²) in [5.41, 5.74) is 5.04. The number of anilines is 1. The number of para-hydroxylation sites is 1. The first kappa shape index (κ1) is 15.5. The van der Waals surface area contributed by atoms with Crippen molar-refractivity contribution in [1.29, 1.82) is 0 Å². The zero-order chi connectivity index (χ0) is 17.2. The van der Waals surface area contributed by atoms with Crippen molar-refractivity contribution in [3.8, 4) is 0 Å². The number of hydrogen-bond donors (Lipinski definition) is 1. The minimum atomic E-state index is -0.176. The molecule has 0 saturated heterocycles. The molecular formula is C22H20N2O. The van der Waals surface area contributed by atoms with E-state index in [0.717, 1.165) is 22.4 Å². The minimum absolute atomic E-state index is 0.0591. The molecule has 0 bridgehead atoms. The average Bonchev–Trinajstić information content (AvgIpc) is 2.66. The van der Waals surface area contributed by atoms with Gasteiger partial charge in [-0.25, -0.2) is 0 Å². The summed E-state index contributed by atoms with van der Waals surface area (Å²) in [6.07, 6.45) is -0.176. The zero-order valence-corrected chi connectivity index (χ0v) is 14.1. The van der Waals surface area contributed by atoms with Gasteiger partial charge in [0, 0.05) is 12.2 Å². The van der Waals surface area contributed by atoms with Crippen LogP contribution in [-0.2, 0) is 6.54 Å². The maximum absolute atomic E-state index is 13.2. The van der Waals surface area contributed by atoms with Crippen LogP contribution in [0, 0.1) is 6.92 Å². The molecule has 4 rings (SSSR count). The Morgan fingerprint density at radius 3 is 2.32 bits per heavy atom. The van der Waals surface area contributed by atoms with Gasteiger partial charge in [-0.1, -0.05) is 72.3 Å². The molecular weight excluding hydrogens is 308 g/mol. The third-order valence-electron chi connectivity index (χ3n) is 4.61. The van der Waals surface area contributed by atoms with Gasteiger partial charge in [-0.15, -0.1) is 0 Å². The van der Waals surface area contributed by atoms with Gasteiger partial charge in [0.25, 0.3) is 5.91 Å². The number of nitrogens with zero attached hydrogens (tertiary/aromatic N) is 1. The summed E-state index contributed by atoms with van der Waals surface area (Å²) in [5, 5.41) is 3.53. The quantitative estimate of drug-likeness (QED) is 0.751. The van der Waals surface area contributed by atoms with Gasteiger partial charge in [0.15, 0.2) is 0 Å². The van der Waals surface area contributed by atoms with Crippen LogP contribution in [-0.4, -0.2) is 10.8 Å². The molecule has 0 aliphatic carbocycles. The van der Waals surface area contributed by atoms with Gasteiger partial charge >= 0.3 is 0 Å². The number of rotatable bonds is 3. The minimum Gasteiger partial charge on any atom is -0.361 e. The van der Waals surface area contributed by atoms with Gasteiger partial charge in [-0.3, -0.25) is 4.79 Å². The van der Waals surface area contributed by atoms with Crippen LogP contribution in [0.3, 0.4) is 0 Å². The van der Waals surface area contributed by atoms with Gasteiger partial charge in [-0.05, 0) is 30.2 Å². The highest BCUT2D eigenvalue weighted by atomic mass is 16.2. The van der Waals surface area contributed by atoms with Crippen LogP contribution in [0.1, 0.15) is 33.2 Å². The Labute approximate surface area is 147 Å². The third-order valence-corrected chi connectivity index (χ3v) is 4.61. The maximum atomic E-state index is 13.2. The molecule has 1 atom stereocenters. The van der Waals surface area contributed by atoms with Crippen LogP contribution in [0.5, 0.6) is 0 Å². The van der Waals surface area contributed by atoms with E-state index in [9.17, 15) is 4.79 Å². The molecule has 0 spiro atoms. The van der Waals surface area contributed by atoms with Gasteiger partial charge in [0.05, 0.1) is 5.56 Å². The summed E-state index contributed by atoms with van der Waals surface area (Å²) < 4.78 is 0. The first-order valence-corrected chi connectivity index (χ1v) is 8.49. The number of nitrogens with one attached hydrogen (secondary N) is 1. The van der Waals surface area contributed by atoms with Crippen molar-refractivity contribution in [2.24, 2.45) is 0 Å². The molecule has 1 aliphatic rings. The number of amides is 1. The first-order chi connectivity index (χ1) is 12.2. The Kier molecular flexibility index (Phi) is 3.98. The van der Waals surface area contributed by atoms with E-state index in [1.165, 1.54) is 5.56 Å². The maximum Gasteiger partial charge on any atom is 0.258 e. The highest BCUT2D eigenvalue weighted by molar-refractivity contribution is 6.01. The fourth-order valence-electron chi connectivity index (χ4n) is 3.24. The summed E-state index contributed by atoms with van der Waals surface area (Å²) in [7, 11) is 0. The predicted octanol–water partition coefficient (Wildman–Crippen LogP) is 4.76. The molecule has 1 unspecified atom stereocenters. The topological polar surface area (TPSA) is 32.3 Å². The van der Waals surface area contributed by atoms with Gasteiger partial charge in [-0.2, -0.15) is 0 Å². The lowest BCUT2D eigenvalue weighted by Gasteiger charge is -2.38. The fourth-order valence-corrected chi connectivity index (χ4v) is 3.24. The molecule has 124 valence electrons. The summed E-state index contributed by atoms with van der Waals surface area (Å²) in [5.74, 6) is 0.0591. The molecule has 3 nitrogen and oxygen atoms in total. The molecule has 3 heteroatoms. The number of carbonyl (C=O) groups excluding carboxylic acids is 1. The van der Waals surface area contributed by atoms with Gasteiger partial charge in [0.2, 0.25) is 0 Å². The van der Waals surface area contributed by atoms with E-state index in [2.05, 4.69) is 48.6 Å². The van der Waals surface area contributed by atoms with Crippen molar-refractivity contribution < 1.29 is 4.79 Å². The van der Waals surface area contributed by atoms with E-state index >= 15 is 0 Å². The molecule has 1 N–H and O–H groups in total. The van der Waals surface area contributed by atoms with Crippen LogP contribution in [0.4, 0.5) is 5.69 Å². The van der Waals surface area contributed by atoms with Crippen LogP contribution in [0.15, 0.2) is 78.9 Å². The standard InChI is InChI=1S/C22H20N2O/c1-16-11-13-17(14-12-16)15-24-21(18-7-3-2-4-8-18)23-20-10-6-5-9-19(20)22(24)25/h2-14,21,23H,15H2,1H3. The Morgan fingerprint density at radius 2 is 1.56 bits per heavy atom. The Hall–Kier alpha value is -3.07. The molecule has 0 saturated carbocycles. The molecule has 1 heterocycles. The van der Waals surface area contributed by atoms with Crippen molar-refractivity contribution in [3.63, 3.8) is 0 Å². The van der Waals surface area contributed by atoms with Crippen LogP contribution in [0.25, 0.3) is 0 Å². The second-order valence-electron chi connectivity index (χ2n) is 6.42. The number of benzene rings is 3. The Morgan fingerprint density at radius 1 is 0.880 bits per heavy atom. The molecule has 1 amide bonds. The van der Waals surface area contributed by atoms with E-state index in [1.54, 1.807) is 0 Å². The van der Waals surface area contributed by atoms with Crippen LogP contribution >= 0.6 is 0 Å².